The van der Waals surface area contributed by atoms with Crippen molar-refractivity contribution in [1.82, 2.24) is 9.97 Å². The number of nitrogens with zero attached hydrogens (tertiary/aromatic N) is 2. The monoisotopic (exact) mass is 348 g/mol. The van der Waals surface area contributed by atoms with Crippen LogP contribution in [0.3, 0.4) is 0 Å². The molecule has 0 spiro atoms. The third kappa shape index (κ3) is 4.25. The number of carbonyl (C=O) groups excluding carboxylic acids is 1. The van der Waals surface area contributed by atoms with E-state index in [9.17, 15) is 26.7 Å². The fourth-order valence-corrected chi connectivity index (χ4v) is 2.50. The first-order chi connectivity index (χ1) is 10.7. The molecule has 0 aliphatic carbocycles. The maximum absolute atomic E-state index is 13.6. The standard InChI is InChI=1S/C14H9F5N2OS/c1-7(12(22)9-3-2-8(15)6-10(9)16)23-13-20-5-4-11(21-13)14(17,18)19/h2-7H,1H3. The molecule has 2 rings (SSSR count). The Morgan fingerprint density at radius 3 is 2.52 bits per heavy atom. The molecule has 0 saturated heterocycles. The van der Waals surface area contributed by atoms with E-state index in [4.69, 9.17) is 0 Å². The Kier molecular flexibility index (Phi) is 4.98. The molecule has 3 nitrogen and oxygen atoms in total. The van der Waals surface area contributed by atoms with Crippen LogP contribution in [0.4, 0.5) is 22.0 Å². The minimum absolute atomic E-state index is 0.261. The summed E-state index contributed by atoms with van der Waals surface area (Å²) in [6, 6.07) is 3.17. The van der Waals surface area contributed by atoms with Crippen LogP contribution in [-0.2, 0) is 6.18 Å². The van der Waals surface area contributed by atoms with Crippen LogP contribution >= 0.6 is 11.8 Å². The molecule has 0 fully saturated rings. The maximum Gasteiger partial charge on any atom is 0.433 e. The van der Waals surface area contributed by atoms with Crippen molar-refractivity contribution in [1.29, 1.82) is 0 Å². The molecule has 122 valence electrons. The molecule has 1 heterocycles. The number of ketones is 1. The quantitative estimate of drug-likeness (QED) is 0.361. The molecule has 0 saturated carbocycles. The Balaban J connectivity index is 2.18. The van der Waals surface area contributed by atoms with Crippen LogP contribution in [0, 0.1) is 11.6 Å². The summed E-state index contributed by atoms with van der Waals surface area (Å²) < 4.78 is 64.1. The van der Waals surface area contributed by atoms with E-state index in [1.54, 1.807) is 0 Å². The average Bonchev–Trinajstić information content (AvgIpc) is 2.46. The highest BCUT2D eigenvalue weighted by atomic mass is 32.2. The van der Waals surface area contributed by atoms with Gasteiger partial charge in [-0.1, -0.05) is 11.8 Å². The predicted molar refractivity (Wildman–Crippen MR) is 73.0 cm³/mol. The van der Waals surface area contributed by atoms with Crippen LogP contribution in [0.25, 0.3) is 0 Å². The Hall–Kier alpha value is -2.03. The summed E-state index contributed by atoms with van der Waals surface area (Å²) in [6.45, 7) is 1.37. The van der Waals surface area contributed by atoms with Crippen molar-refractivity contribution in [2.24, 2.45) is 0 Å². The largest absolute Gasteiger partial charge is 0.433 e. The second-order valence-corrected chi connectivity index (χ2v) is 5.78. The molecule has 1 unspecified atom stereocenters. The van der Waals surface area contributed by atoms with Gasteiger partial charge in [0, 0.05) is 12.3 Å². The molecule has 1 aromatic heterocycles. The second-order valence-electron chi connectivity index (χ2n) is 4.47. The first-order valence-corrected chi connectivity index (χ1v) is 7.12. The van der Waals surface area contributed by atoms with Gasteiger partial charge in [0.15, 0.2) is 10.9 Å². The van der Waals surface area contributed by atoms with Gasteiger partial charge in [0.05, 0.1) is 10.8 Å². The number of halogens is 5. The molecular formula is C14H9F5N2OS. The third-order valence-corrected chi connectivity index (χ3v) is 3.75. The molecule has 0 aliphatic heterocycles. The first kappa shape index (κ1) is 17.3. The molecule has 1 atom stereocenters. The topological polar surface area (TPSA) is 42.9 Å². The van der Waals surface area contributed by atoms with E-state index in [0.29, 0.717) is 23.9 Å². The highest BCUT2D eigenvalue weighted by Gasteiger charge is 2.33. The lowest BCUT2D eigenvalue weighted by Crippen LogP contribution is -2.16. The summed E-state index contributed by atoms with van der Waals surface area (Å²) in [5, 5.41) is -1.21. The first-order valence-electron chi connectivity index (χ1n) is 6.24. The zero-order chi connectivity index (χ0) is 17.2. The number of rotatable bonds is 4. The minimum atomic E-state index is -4.63. The normalized spacial score (nSPS) is 13.0. The van der Waals surface area contributed by atoms with Gasteiger partial charge in [-0.2, -0.15) is 13.2 Å². The molecule has 0 bridgehead atoms. The highest BCUT2D eigenvalue weighted by molar-refractivity contribution is 8.00. The number of Topliss-reactive ketones (excluding diaryl/α,β-unsaturated/α-hetero) is 1. The molecule has 2 aromatic rings. The van der Waals surface area contributed by atoms with Gasteiger partial charge in [0.25, 0.3) is 0 Å². The third-order valence-electron chi connectivity index (χ3n) is 2.77. The van der Waals surface area contributed by atoms with E-state index in [1.165, 1.54) is 6.92 Å². The van der Waals surface area contributed by atoms with Crippen molar-refractivity contribution in [3.8, 4) is 0 Å². The van der Waals surface area contributed by atoms with Crippen molar-refractivity contribution in [3.05, 3.63) is 53.4 Å². The number of hydrogen-bond donors (Lipinski definition) is 0. The fourth-order valence-electron chi connectivity index (χ4n) is 1.68. The van der Waals surface area contributed by atoms with Crippen molar-refractivity contribution in [3.63, 3.8) is 0 Å². The number of hydrogen-bond acceptors (Lipinski definition) is 4. The van der Waals surface area contributed by atoms with E-state index in [-0.39, 0.29) is 10.7 Å². The van der Waals surface area contributed by atoms with E-state index < -0.39 is 34.5 Å². The van der Waals surface area contributed by atoms with Crippen LogP contribution in [0.5, 0.6) is 0 Å². The van der Waals surface area contributed by atoms with Crippen LogP contribution in [0.2, 0.25) is 0 Å². The lowest BCUT2D eigenvalue weighted by molar-refractivity contribution is -0.141. The number of benzene rings is 1. The van der Waals surface area contributed by atoms with Crippen LogP contribution in [-0.4, -0.2) is 21.0 Å². The Morgan fingerprint density at radius 2 is 1.91 bits per heavy atom. The molecule has 0 aliphatic rings. The van der Waals surface area contributed by atoms with Gasteiger partial charge in [-0.15, -0.1) is 0 Å². The van der Waals surface area contributed by atoms with Crippen molar-refractivity contribution < 1.29 is 26.7 Å². The van der Waals surface area contributed by atoms with E-state index in [1.807, 2.05) is 0 Å². The van der Waals surface area contributed by atoms with E-state index in [0.717, 1.165) is 18.3 Å². The lowest BCUT2D eigenvalue weighted by Gasteiger charge is -2.11. The number of alkyl halides is 3. The SMILES string of the molecule is CC(Sc1nccc(C(F)(F)F)n1)C(=O)c1ccc(F)cc1F. The lowest BCUT2D eigenvalue weighted by atomic mass is 10.1. The maximum atomic E-state index is 13.6. The summed E-state index contributed by atoms with van der Waals surface area (Å²) in [7, 11) is 0. The minimum Gasteiger partial charge on any atom is -0.293 e. The zero-order valence-electron chi connectivity index (χ0n) is 11.6. The van der Waals surface area contributed by atoms with Crippen molar-refractivity contribution >= 4 is 17.5 Å². The van der Waals surface area contributed by atoms with Gasteiger partial charge in [0.1, 0.15) is 17.3 Å². The van der Waals surface area contributed by atoms with Gasteiger partial charge in [0.2, 0.25) is 0 Å². The Bertz CT molecular complexity index is 735. The van der Waals surface area contributed by atoms with Crippen molar-refractivity contribution in [2.45, 2.75) is 23.5 Å². The van der Waals surface area contributed by atoms with Gasteiger partial charge < -0.3 is 0 Å². The Morgan fingerprint density at radius 1 is 1.22 bits per heavy atom. The van der Waals surface area contributed by atoms with Crippen LogP contribution in [0.1, 0.15) is 23.0 Å². The molecule has 0 radical (unpaired) electrons. The number of thioether (sulfide) groups is 1. The molecule has 1 aromatic carbocycles. The molecular weight excluding hydrogens is 339 g/mol. The number of aromatic nitrogens is 2. The second kappa shape index (κ2) is 6.61. The van der Waals surface area contributed by atoms with E-state index >= 15 is 0 Å². The van der Waals surface area contributed by atoms with Gasteiger partial charge in [-0.05, 0) is 25.1 Å². The smallest absolute Gasteiger partial charge is 0.293 e. The summed E-state index contributed by atoms with van der Waals surface area (Å²) in [5.41, 5.74) is -1.49. The summed E-state index contributed by atoms with van der Waals surface area (Å²) in [4.78, 5) is 19.1. The molecule has 0 N–H and O–H groups in total. The van der Waals surface area contributed by atoms with Crippen LogP contribution < -0.4 is 0 Å². The molecule has 23 heavy (non-hydrogen) atoms. The van der Waals surface area contributed by atoms with Gasteiger partial charge in [-0.3, -0.25) is 4.79 Å². The zero-order valence-corrected chi connectivity index (χ0v) is 12.4. The average molecular weight is 348 g/mol. The van der Waals surface area contributed by atoms with Gasteiger partial charge in [-0.25, -0.2) is 18.7 Å². The number of carbonyl (C=O) groups is 1. The summed E-state index contributed by atoms with van der Waals surface area (Å²) in [6.07, 6.45) is -3.71. The predicted octanol–water partition coefficient (Wildman–Crippen LogP) is 4.14. The molecule has 0 amide bonds. The molecule has 9 heteroatoms. The summed E-state index contributed by atoms with van der Waals surface area (Å²) >= 11 is 0.658. The van der Waals surface area contributed by atoms with Crippen molar-refractivity contribution in [2.75, 3.05) is 0 Å². The van der Waals surface area contributed by atoms with Crippen LogP contribution in [0.15, 0.2) is 35.6 Å². The summed E-state index contributed by atoms with van der Waals surface area (Å²) in [5.74, 6) is -2.57. The van der Waals surface area contributed by atoms with E-state index in [2.05, 4.69) is 9.97 Å². The fraction of sp³-hybridized carbons (Fsp3) is 0.214. The van der Waals surface area contributed by atoms with Gasteiger partial charge >= 0.3 is 6.18 Å². The highest BCUT2D eigenvalue weighted by Crippen LogP contribution is 2.30. The Labute approximate surface area is 131 Å².